The normalized spacial score (nSPS) is 26.1. The summed E-state index contributed by atoms with van der Waals surface area (Å²) >= 11 is 0. The summed E-state index contributed by atoms with van der Waals surface area (Å²) in [6, 6.07) is 7.82. The monoisotopic (exact) mass is 332 g/mol. The highest BCUT2D eigenvalue weighted by Crippen LogP contribution is 2.26. The molecule has 2 atom stereocenters. The second kappa shape index (κ2) is 7.99. The lowest BCUT2D eigenvalue weighted by Gasteiger charge is -2.41. The van der Waals surface area contributed by atoms with Gasteiger partial charge in [0.15, 0.2) is 0 Å². The number of carbonyl (C=O) groups excluding carboxylic acids is 1. The number of hydrogen-bond donors (Lipinski definition) is 2. The summed E-state index contributed by atoms with van der Waals surface area (Å²) in [5, 5.41) is 13.4. The Morgan fingerprint density at radius 1 is 1.17 bits per heavy atom. The quantitative estimate of drug-likeness (QED) is 0.887. The lowest BCUT2D eigenvalue weighted by Crippen LogP contribution is -2.52. The van der Waals surface area contributed by atoms with E-state index in [2.05, 4.69) is 10.2 Å². The minimum absolute atomic E-state index is 0.0661. The van der Waals surface area contributed by atoms with Crippen molar-refractivity contribution in [1.29, 1.82) is 0 Å². The number of amides is 1. The molecular formula is C19H28N2O3. The molecule has 0 bridgehead atoms. The number of nitrogens with zero attached hydrogens (tertiary/aromatic N) is 1. The first-order valence-corrected chi connectivity index (χ1v) is 9.05. The first-order valence-electron chi connectivity index (χ1n) is 9.05. The summed E-state index contributed by atoms with van der Waals surface area (Å²) in [5.41, 5.74) is 0.588. The molecular weight excluding hydrogens is 304 g/mol. The Hall–Kier alpha value is -1.59. The number of piperidine rings is 1. The van der Waals surface area contributed by atoms with E-state index in [0.717, 1.165) is 45.2 Å². The second-order valence-corrected chi connectivity index (χ2v) is 6.90. The van der Waals surface area contributed by atoms with Gasteiger partial charge in [-0.05, 0) is 37.8 Å². The molecule has 132 valence electrons. The van der Waals surface area contributed by atoms with Gasteiger partial charge in [-0.25, -0.2) is 0 Å². The number of aliphatic hydroxyl groups excluding tert-OH is 1. The molecule has 1 aromatic carbocycles. The van der Waals surface area contributed by atoms with Crippen LogP contribution >= 0.6 is 0 Å². The number of ether oxygens (including phenoxy) is 1. The summed E-state index contributed by atoms with van der Waals surface area (Å²) < 4.78 is 5.27. The van der Waals surface area contributed by atoms with E-state index in [1.165, 1.54) is 6.42 Å². The molecule has 0 aromatic heterocycles. The van der Waals surface area contributed by atoms with Gasteiger partial charge in [0.1, 0.15) is 5.75 Å². The average molecular weight is 332 g/mol. The Morgan fingerprint density at radius 3 is 2.58 bits per heavy atom. The highest BCUT2D eigenvalue weighted by atomic mass is 16.5. The highest BCUT2D eigenvalue weighted by Gasteiger charge is 2.31. The van der Waals surface area contributed by atoms with Crippen molar-refractivity contribution in [2.24, 2.45) is 0 Å². The Morgan fingerprint density at radius 2 is 1.88 bits per heavy atom. The molecule has 24 heavy (non-hydrogen) atoms. The Bertz CT molecular complexity index is 555. The highest BCUT2D eigenvalue weighted by molar-refractivity contribution is 5.97. The largest absolute Gasteiger partial charge is 0.496 e. The molecule has 5 nitrogen and oxygen atoms in total. The summed E-state index contributed by atoms with van der Waals surface area (Å²) in [5.74, 6) is 0.543. The number of benzene rings is 1. The first-order chi connectivity index (χ1) is 11.7. The molecule has 1 amide bonds. The van der Waals surface area contributed by atoms with Crippen LogP contribution in [-0.4, -0.2) is 54.3 Å². The van der Waals surface area contributed by atoms with E-state index < -0.39 is 0 Å². The van der Waals surface area contributed by atoms with Crippen LogP contribution in [0.15, 0.2) is 24.3 Å². The predicted octanol–water partition coefficient (Wildman–Crippen LogP) is 2.19. The van der Waals surface area contributed by atoms with Crippen molar-refractivity contribution in [1.82, 2.24) is 10.2 Å². The zero-order valence-corrected chi connectivity index (χ0v) is 14.4. The van der Waals surface area contributed by atoms with Gasteiger partial charge in [0.25, 0.3) is 5.91 Å². The molecule has 1 aliphatic carbocycles. The fourth-order valence-electron chi connectivity index (χ4n) is 3.99. The molecule has 2 aliphatic rings. The number of rotatable bonds is 4. The molecule has 1 saturated carbocycles. The third kappa shape index (κ3) is 3.90. The van der Waals surface area contributed by atoms with E-state index in [1.807, 2.05) is 18.2 Å². The van der Waals surface area contributed by atoms with E-state index in [9.17, 15) is 9.90 Å². The molecule has 1 aromatic rings. The van der Waals surface area contributed by atoms with Crippen LogP contribution in [0.25, 0.3) is 0 Å². The maximum atomic E-state index is 12.5. The van der Waals surface area contributed by atoms with Gasteiger partial charge in [-0.2, -0.15) is 0 Å². The fourth-order valence-corrected chi connectivity index (χ4v) is 3.99. The number of para-hydroxylation sites is 1. The summed E-state index contributed by atoms with van der Waals surface area (Å²) in [4.78, 5) is 14.9. The molecule has 0 radical (unpaired) electrons. The van der Waals surface area contributed by atoms with Crippen molar-refractivity contribution >= 4 is 5.91 Å². The van der Waals surface area contributed by atoms with Gasteiger partial charge in [0, 0.05) is 25.2 Å². The van der Waals surface area contributed by atoms with Crippen molar-refractivity contribution < 1.29 is 14.6 Å². The minimum atomic E-state index is -0.182. The molecule has 1 aliphatic heterocycles. The number of methoxy groups -OCH3 is 1. The molecule has 2 N–H and O–H groups in total. The Kier molecular flexibility index (Phi) is 5.74. The lowest BCUT2D eigenvalue weighted by atomic mass is 9.89. The van der Waals surface area contributed by atoms with Crippen LogP contribution in [0.3, 0.4) is 0 Å². The van der Waals surface area contributed by atoms with Gasteiger partial charge in [0.05, 0.1) is 18.8 Å². The van der Waals surface area contributed by atoms with Crippen molar-refractivity contribution in [2.75, 3.05) is 20.2 Å². The molecule has 2 fully saturated rings. The van der Waals surface area contributed by atoms with E-state index in [-0.39, 0.29) is 18.1 Å². The summed E-state index contributed by atoms with van der Waals surface area (Å²) in [6.07, 6.45) is 6.07. The number of likely N-dealkylation sites (tertiary alicyclic amines) is 1. The van der Waals surface area contributed by atoms with Gasteiger partial charge >= 0.3 is 0 Å². The third-order valence-corrected chi connectivity index (χ3v) is 5.38. The molecule has 3 rings (SSSR count). The number of carbonyl (C=O) groups is 1. The topological polar surface area (TPSA) is 61.8 Å². The lowest BCUT2D eigenvalue weighted by molar-refractivity contribution is 0.00727. The first kappa shape index (κ1) is 17.2. The maximum Gasteiger partial charge on any atom is 0.255 e. The number of nitrogens with one attached hydrogen (secondary N) is 1. The average Bonchev–Trinajstić information content (AvgIpc) is 2.63. The van der Waals surface area contributed by atoms with E-state index in [4.69, 9.17) is 4.74 Å². The van der Waals surface area contributed by atoms with Crippen LogP contribution < -0.4 is 10.1 Å². The van der Waals surface area contributed by atoms with Gasteiger partial charge in [-0.15, -0.1) is 0 Å². The Labute approximate surface area is 144 Å². The molecule has 1 saturated heterocycles. The Balaban J connectivity index is 1.52. The molecule has 0 spiro atoms. The van der Waals surface area contributed by atoms with Crippen molar-refractivity contribution in [2.45, 2.75) is 56.7 Å². The van der Waals surface area contributed by atoms with Crippen molar-refractivity contribution in [3.63, 3.8) is 0 Å². The zero-order chi connectivity index (χ0) is 16.9. The predicted molar refractivity (Wildman–Crippen MR) is 93.3 cm³/mol. The summed E-state index contributed by atoms with van der Waals surface area (Å²) in [7, 11) is 1.58. The minimum Gasteiger partial charge on any atom is -0.496 e. The third-order valence-electron chi connectivity index (χ3n) is 5.38. The zero-order valence-electron chi connectivity index (χ0n) is 14.4. The second-order valence-electron chi connectivity index (χ2n) is 6.90. The van der Waals surface area contributed by atoms with E-state index in [1.54, 1.807) is 13.2 Å². The molecule has 2 unspecified atom stereocenters. The van der Waals surface area contributed by atoms with Gasteiger partial charge < -0.3 is 15.2 Å². The molecule has 5 heteroatoms. The smallest absolute Gasteiger partial charge is 0.255 e. The van der Waals surface area contributed by atoms with Crippen molar-refractivity contribution in [3.05, 3.63) is 29.8 Å². The van der Waals surface area contributed by atoms with Crippen molar-refractivity contribution in [3.8, 4) is 5.75 Å². The van der Waals surface area contributed by atoms with Crippen LogP contribution in [0.5, 0.6) is 5.75 Å². The number of aliphatic hydroxyl groups is 1. The maximum absolute atomic E-state index is 12.5. The van der Waals surface area contributed by atoms with Gasteiger partial charge in [-0.3, -0.25) is 9.69 Å². The van der Waals surface area contributed by atoms with Crippen LogP contribution in [0.4, 0.5) is 0 Å². The van der Waals surface area contributed by atoms with Gasteiger partial charge in [-0.1, -0.05) is 25.0 Å². The number of hydrogen-bond acceptors (Lipinski definition) is 4. The SMILES string of the molecule is COc1ccccc1C(=O)NC1CCN(C2CCCCC2O)CC1. The van der Waals surface area contributed by atoms with Gasteiger partial charge in [0.2, 0.25) is 0 Å². The van der Waals surface area contributed by atoms with Crippen LogP contribution in [0.2, 0.25) is 0 Å². The summed E-state index contributed by atoms with van der Waals surface area (Å²) in [6.45, 7) is 1.89. The van der Waals surface area contributed by atoms with E-state index >= 15 is 0 Å². The standard InChI is InChI=1S/C19H28N2O3/c1-24-18-9-5-2-6-15(18)19(23)20-14-10-12-21(13-11-14)16-7-3-4-8-17(16)22/h2,5-6,9,14,16-17,22H,3-4,7-8,10-13H2,1H3,(H,20,23). The van der Waals surface area contributed by atoms with Crippen LogP contribution in [-0.2, 0) is 0 Å². The van der Waals surface area contributed by atoms with E-state index in [0.29, 0.717) is 17.4 Å². The van der Waals surface area contributed by atoms with Crippen LogP contribution in [0, 0.1) is 0 Å². The van der Waals surface area contributed by atoms with Crippen LogP contribution in [0.1, 0.15) is 48.9 Å². The fraction of sp³-hybridized carbons (Fsp3) is 0.632. The molecule has 1 heterocycles.